The molecule has 2 aromatic rings. The van der Waals surface area contributed by atoms with E-state index in [2.05, 4.69) is 15.9 Å². The van der Waals surface area contributed by atoms with Crippen LogP contribution in [0.2, 0.25) is 5.02 Å². The van der Waals surface area contributed by atoms with Crippen LogP contribution in [-0.2, 0) is 12.8 Å². The topological polar surface area (TPSA) is 20.2 Å². The smallest absolute Gasteiger partial charge is 0.145 e. The van der Waals surface area contributed by atoms with Gasteiger partial charge in [-0.1, -0.05) is 45.7 Å². The minimum absolute atomic E-state index is 0.0395. The molecule has 2 rings (SSSR count). The van der Waals surface area contributed by atoms with Crippen LogP contribution in [0, 0.1) is 11.6 Å². The van der Waals surface area contributed by atoms with Gasteiger partial charge in [0.05, 0.1) is 11.1 Å². The minimum Gasteiger partial charge on any atom is -0.392 e. The van der Waals surface area contributed by atoms with E-state index in [-0.39, 0.29) is 17.3 Å². The van der Waals surface area contributed by atoms with Crippen molar-refractivity contribution in [2.75, 3.05) is 0 Å². The Kier molecular flexibility index (Phi) is 5.13. The molecule has 1 unspecified atom stereocenters. The van der Waals surface area contributed by atoms with E-state index in [9.17, 15) is 13.9 Å². The lowest BCUT2D eigenvalue weighted by Crippen LogP contribution is -2.15. The van der Waals surface area contributed by atoms with E-state index in [4.69, 9.17) is 11.6 Å². The molecule has 0 aromatic heterocycles. The van der Waals surface area contributed by atoms with Gasteiger partial charge in [-0.3, -0.25) is 0 Å². The van der Waals surface area contributed by atoms with E-state index < -0.39 is 11.9 Å². The summed E-state index contributed by atoms with van der Waals surface area (Å²) in [6, 6.07) is 8.94. The Balaban J connectivity index is 2.09. The second kappa shape index (κ2) is 6.66. The van der Waals surface area contributed by atoms with E-state index >= 15 is 0 Å². The molecule has 5 heteroatoms. The summed E-state index contributed by atoms with van der Waals surface area (Å²) >= 11 is 8.94. The van der Waals surface area contributed by atoms with Crippen LogP contribution in [-0.4, -0.2) is 11.2 Å². The average Bonchev–Trinajstić information content (AvgIpc) is 2.38. The highest BCUT2D eigenvalue weighted by atomic mass is 79.9. The number of rotatable bonds is 4. The van der Waals surface area contributed by atoms with Crippen molar-refractivity contribution in [3.63, 3.8) is 0 Å². The van der Waals surface area contributed by atoms with Gasteiger partial charge in [-0.25, -0.2) is 8.78 Å². The summed E-state index contributed by atoms with van der Waals surface area (Å²) in [7, 11) is 0. The zero-order valence-electron chi connectivity index (χ0n) is 10.4. The van der Waals surface area contributed by atoms with Crippen molar-refractivity contribution in [2.24, 2.45) is 0 Å². The van der Waals surface area contributed by atoms with Gasteiger partial charge in [-0.05, 0) is 35.7 Å². The zero-order valence-corrected chi connectivity index (χ0v) is 12.8. The van der Waals surface area contributed by atoms with Gasteiger partial charge < -0.3 is 5.11 Å². The van der Waals surface area contributed by atoms with Crippen molar-refractivity contribution in [1.82, 2.24) is 0 Å². The molecular formula is C15H12BrClF2O. The summed E-state index contributed by atoms with van der Waals surface area (Å²) in [5.74, 6) is -0.859. The van der Waals surface area contributed by atoms with Gasteiger partial charge in [0.1, 0.15) is 11.6 Å². The van der Waals surface area contributed by atoms with Crippen molar-refractivity contribution in [3.05, 3.63) is 68.7 Å². The van der Waals surface area contributed by atoms with E-state index in [1.165, 1.54) is 18.2 Å². The Morgan fingerprint density at radius 1 is 1.10 bits per heavy atom. The standard InChI is InChI=1S/C15H12BrClF2O/c16-13-8-11(18)5-4-9(13)6-12(20)7-10-2-1-3-14(17)15(10)19/h1-5,8,12,20H,6-7H2. The fraction of sp³-hybridized carbons (Fsp3) is 0.200. The molecule has 2 aromatic carbocycles. The summed E-state index contributed by atoms with van der Waals surface area (Å²) in [6.07, 6.45) is -0.326. The summed E-state index contributed by atoms with van der Waals surface area (Å²) in [5, 5.41) is 10.1. The van der Waals surface area contributed by atoms with Crippen LogP contribution in [0.3, 0.4) is 0 Å². The molecule has 0 heterocycles. The molecule has 1 N–H and O–H groups in total. The first-order chi connectivity index (χ1) is 9.47. The Morgan fingerprint density at radius 3 is 2.50 bits per heavy atom. The summed E-state index contributed by atoms with van der Waals surface area (Å²) in [4.78, 5) is 0. The number of aliphatic hydroxyl groups is 1. The van der Waals surface area contributed by atoms with Crippen LogP contribution >= 0.6 is 27.5 Å². The van der Waals surface area contributed by atoms with E-state index in [0.717, 1.165) is 5.56 Å². The Bertz CT molecular complexity index is 619. The highest BCUT2D eigenvalue weighted by Gasteiger charge is 2.13. The minimum atomic E-state index is -0.773. The summed E-state index contributed by atoms with van der Waals surface area (Å²) in [5.41, 5.74) is 1.13. The first kappa shape index (κ1) is 15.4. The second-order valence-corrected chi connectivity index (χ2v) is 5.77. The molecular weight excluding hydrogens is 350 g/mol. The van der Waals surface area contributed by atoms with E-state index in [0.29, 0.717) is 16.5 Å². The van der Waals surface area contributed by atoms with Crippen LogP contribution in [0.4, 0.5) is 8.78 Å². The highest BCUT2D eigenvalue weighted by Crippen LogP contribution is 2.22. The van der Waals surface area contributed by atoms with Gasteiger partial charge >= 0.3 is 0 Å². The van der Waals surface area contributed by atoms with Crippen molar-refractivity contribution in [3.8, 4) is 0 Å². The predicted molar refractivity (Wildman–Crippen MR) is 78.9 cm³/mol. The zero-order chi connectivity index (χ0) is 14.7. The molecule has 0 bridgehead atoms. The number of hydrogen-bond acceptors (Lipinski definition) is 1. The van der Waals surface area contributed by atoms with Crippen molar-refractivity contribution in [1.29, 1.82) is 0 Å². The maximum absolute atomic E-state index is 13.7. The first-order valence-electron chi connectivity index (χ1n) is 6.02. The third-order valence-electron chi connectivity index (χ3n) is 2.96. The van der Waals surface area contributed by atoms with Gasteiger partial charge in [0, 0.05) is 10.9 Å². The lowest BCUT2D eigenvalue weighted by atomic mass is 10.0. The molecule has 0 aliphatic heterocycles. The van der Waals surface area contributed by atoms with Gasteiger partial charge in [0.15, 0.2) is 0 Å². The fourth-order valence-corrected chi connectivity index (χ4v) is 2.68. The van der Waals surface area contributed by atoms with Gasteiger partial charge in [0.25, 0.3) is 0 Å². The second-order valence-electron chi connectivity index (χ2n) is 4.51. The van der Waals surface area contributed by atoms with Gasteiger partial charge in [-0.2, -0.15) is 0 Å². The van der Waals surface area contributed by atoms with Gasteiger partial charge in [0.2, 0.25) is 0 Å². The molecule has 1 atom stereocenters. The molecule has 20 heavy (non-hydrogen) atoms. The Labute approximate surface area is 129 Å². The third-order valence-corrected chi connectivity index (χ3v) is 3.99. The SMILES string of the molecule is OC(Cc1ccc(F)cc1Br)Cc1cccc(Cl)c1F. The van der Waals surface area contributed by atoms with Crippen LogP contribution in [0.5, 0.6) is 0 Å². The maximum atomic E-state index is 13.7. The molecule has 0 saturated carbocycles. The lowest BCUT2D eigenvalue weighted by Gasteiger charge is -2.13. The molecule has 0 saturated heterocycles. The third kappa shape index (κ3) is 3.78. The molecule has 0 aliphatic rings. The van der Waals surface area contributed by atoms with Crippen molar-refractivity contribution in [2.45, 2.75) is 18.9 Å². The largest absolute Gasteiger partial charge is 0.392 e. The monoisotopic (exact) mass is 360 g/mol. The van der Waals surface area contributed by atoms with Gasteiger partial charge in [-0.15, -0.1) is 0 Å². The van der Waals surface area contributed by atoms with Crippen LogP contribution in [0.25, 0.3) is 0 Å². The van der Waals surface area contributed by atoms with Crippen LogP contribution in [0.15, 0.2) is 40.9 Å². The van der Waals surface area contributed by atoms with Crippen molar-refractivity contribution < 1.29 is 13.9 Å². The maximum Gasteiger partial charge on any atom is 0.145 e. The summed E-state index contributed by atoms with van der Waals surface area (Å²) in [6.45, 7) is 0. The Morgan fingerprint density at radius 2 is 1.80 bits per heavy atom. The van der Waals surface area contributed by atoms with E-state index in [1.54, 1.807) is 18.2 Å². The number of aliphatic hydroxyl groups excluding tert-OH is 1. The molecule has 0 spiro atoms. The first-order valence-corrected chi connectivity index (χ1v) is 7.19. The normalized spacial score (nSPS) is 12.4. The fourth-order valence-electron chi connectivity index (χ4n) is 1.97. The quantitative estimate of drug-likeness (QED) is 0.848. The molecule has 0 aliphatic carbocycles. The van der Waals surface area contributed by atoms with Crippen molar-refractivity contribution >= 4 is 27.5 Å². The Hall–Kier alpha value is -0.970. The molecule has 0 fully saturated rings. The number of benzene rings is 2. The highest BCUT2D eigenvalue weighted by molar-refractivity contribution is 9.10. The average molecular weight is 362 g/mol. The van der Waals surface area contributed by atoms with E-state index in [1.807, 2.05) is 0 Å². The number of hydrogen-bond donors (Lipinski definition) is 1. The lowest BCUT2D eigenvalue weighted by molar-refractivity contribution is 0.174. The molecule has 1 nitrogen and oxygen atoms in total. The molecule has 0 amide bonds. The molecule has 106 valence electrons. The van der Waals surface area contributed by atoms with Crippen LogP contribution in [0.1, 0.15) is 11.1 Å². The molecule has 0 radical (unpaired) electrons. The van der Waals surface area contributed by atoms with Crippen LogP contribution < -0.4 is 0 Å². The number of halogens is 4. The predicted octanol–water partition coefficient (Wildman–Crippen LogP) is 4.53. The summed E-state index contributed by atoms with van der Waals surface area (Å²) < 4.78 is 27.3.